The van der Waals surface area contributed by atoms with Gasteiger partial charge in [0.1, 0.15) is 17.5 Å². The van der Waals surface area contributed by atoms with Gasteiger partial charge in [-0.2, -0.15) is 5.26 Å². The van der Waals surface area contributed by atoms with Gasteiger partial charge >= 0.3 is 0 Å². The molecule has 0 unspecified atom stereocenters. The number of nitrogens with one attached hydrogen (secondary N) is 1. The second-order valence-corrected chi connectivity index (χ2v) is 4.91. The molecule has 0 saturated heterocycles. The molecular weight excluding hydrogens is 286 g/mol. The van der Waals surface area contributed by atoms with E-state index in [1.54, 1.807) is 12.1 Å². The highest BCUT2D eigenvalue weighted by molar-refractivity contribution is 6.30. The first kappa shape index (κ1) is 13.4. The second kappa shape index (κ2) is 5.43. The Morgan fingerprint density at radius 1 is 1.24 bits per heavy atom. The summed E-state index contributed by atoms with van der Waals surface area (Å²) in [5.41, 5.74) is 1.60. The molecule has 5 nitrogen and oxygen atoms in total. The number of anilines is 2. The molecule has 0 saturated carbocycles. The minimum Gasteiger partial charge on any atom is -0.340 e. The number of nitrogens with zero attached hydrogens (tertiary/aromatic N) is 4. The van der Waals surface area contributed by atoms with Crippen LogP contribution in [0.25, 0.3) is 11.0 Å². The van der Waals surface area contributed by atoms with Crippen LogP contribution in [-0.4, -0.2) is 14.5 Å². The van der Waals surface area contributed by atoms with Crippen molar-refractivity contribution in [2.75, 3.05) is 5.32 Å². The molecule has 0 amide bonds. The summed E-state index contributed by atoms with van der Waals surface area (Å²) in [6, 6.07) is 11.3. The molecule has 104 valence electrons. The smallest absolute Gasteiger partial charge is 0.236 e. The number of nitriles is 1. The van der Waals surface area contributed by atoms with Gasteiger partial charge in [0, 0.05) is 23.5 Å². The normalized spacial score (nSPS) is 10.5. The van der Waals surface area contributed by atoms with E-state index in [9.17, 15) is 0 Å². The average Bonchev–Trinajstić information content (AvgIpc) is 2.92. The third kappa shape index (κ3) is 2.54. The fourth-order valence-electron chi connectivity index (χ4n) is 2.14. The molecule has 0 fully saturated rings. The monoisotopic (exact) mass is 297 g/mol. The first-order valence-electron chi connectivity index (χ1n) is 6.51. The molecule has 0 radical (unpaired) electrons. The number of aryl methyl sites for hydroxylation is 1. The molecule has 2 heterocycles. The summed E-state index contributed by atoms with van der Waals surface area (Å²) in [4.78, 5) is 8.53. The summed E-state index contributed by atoms with van der Waals surface area (Å²) in [5.74, 6) is 0.762. The van der Waals surface area contributed by atoms with Crippen LogP contribution in [0.2, 0.25) is 5.02 Å². The van der Waals surface area contributed by atoms with Crippen LogP contribution in [0.1, 0.15) is 12.7 Å². The standard InChI is InChI=1S/C15H12ClN5/c1-2-21-8-7-12-14(19-13(9-17)20-15(12)21)18-11-5-3-10(16)4-6-11/h3-8H,2H2,1H3,(H,18,19,20). The molecule has 0 bridgehead atoms. The lowest BCUT2D eigenvalue weighted by atomic mass is 10.3. The average molecular weight is 298 g/mol. The summed E-state index contributed by atoms with van der Waals surface area (Å²) < 4.78 is 1.98. The molecule has 0 aliphatic rings. The van der Waals surface area contributed by atoms with Gasteiger partial charge in [-0.3, -0.25) is 0 Å². The van der Waals surface area contributed by atoms with Gasteiger partial charge in [-0.25, -0.2) is 9.97 Å². The molecule has 1 aromatic carbocycles. The van der Waals surface area contributed by atoms with E-state index in [0.717, 1.165) is 23.3 Å². The lowest BCUT2D eigenvalue weighted by molar-refractivity contribution is 0.785. The van der Waals surface area contributed by atoms with Crippen molar-refractivity contribution in [3.63, 3.8) is 0 Å². The third-order valence-corrected chi connectivity index (χ3v) is 3.42. The van der Waals surface area contributed by atoms with Gasteiger partial charge in [-0.1, -0.05) is 11.6 Å². The third-order valence-electron chi connectivity index (χ3n) is 3.17. The van der Waals surface area contributed by atoms with Crippen molar-refractivity contribution in [2.24, 2.45) is 0 Å². The van der Waals surface area contributed by atoms with Crippen molar-refractivity contribution in [3.05, 3.63) is 47.4 Å². The van der Waals surface area contributed by atoms with Crippen molar-refractivity contribution >= 4 is 34.1 Å². The molecule has 3 aromatic rings. The number of aromatic nitrogens is 3. The Morgan fingerprint density at radius 3 is 2.67 bits per heavy atom. The van der Waals surface area contributed by atoms with Gasteiger partial charge in [-0.15, -0.1) is 0 Å². The highest BCUT2D eigenvalue weighted by Crippen LogP contribution is 2.25. The Kier molecular flexibility index (Phi) is 3.46. The molecule has 0 atom stereocenters. The Labute approximate surface area is 126 Å². The van der Waals surface area contributed by atoms with Crippen LogP contribution in [-0.2, 0) is 6.54 Å². The number of fused-ring (bicyclic) bond motifs is 1. The maximum atomic E-state index is 9.10. The summed E-state index contributed by atoms with van der Waals surface area (Å²) in [6.45, 7) is 2.81. The van der Waals surface area contributed by atoms with Crippen LogP contribution in [0.15, 0.2) is 36.5 Å². The van der Waals surface area contributed by atoms with Crippen molar-refractivity contribution < 1.29 is 0 Å². The molecule has 0 aliphatic heterocycles. The van der Waals surface area contributed by atoms with E-state index in [1.807, 2.05) is 42.0 Å². The van der Waals surface area contributed by atoms with Crippen LogP contribution < -0.4 is 5.32 Å². The van der Waals surface area contributed by atoms with Crippen LogP contribution in [0.5, 0.6) is 0 Å². The molecular formula is C15H12ClN5. The molecule has 0 spiro atoms. The van der Waals surface area contributed by atoms with Crippen molar-refractivity contribution in [1.82, 2.24) is 14.5 Å². The first-order valence-corrected chi connectivity index (χ1v) is 6.88. The summed E-state index contributed by atoms with van der Waals surface area (Å²) in [6.07, 6.45) is 1.94. The van der Waals surface area contributed by atoms with Crippen LogP contribution >= 0.6 is 11.6 Å². The minimum absolute atomic E-state index is 0.146. The number of rotatable bonds is 3. The molecule has 21 heavy (non-hydrogen) atoms. The Bertz CT molecular complexity index is 830. The number of hydrogen-bond donors (Lipinski definition) is 1. The lowest BCUT2D eigenvalue weighted by Crippen LogP contribution is -2.01. The van der Waals surface area contributed by atoms with Crippen LogP contribution in [0, 0.1) is 11.3 Å². The topological polar surface area (TPSA) is 66.5 Å². The van der Waals surface area contributed by atoms with Gasteiger partial charge in [0.05, 0.1) is 5.39 Å². The Morgan fingerprint density at radius 2 is 2.00 bits per heavy atom. The Balaban J connectivity index is 2.10. The lowest BCUT2D eigenvalue weighted by Gasteiger charge is -2.08. The second-order valence-electron chi connectivity index (χ2n) is 4.48. The SMILES string of the molecule is CCn1ccc2c(Nc3ccc(Cl)cc3)nc(C#N)nc21. The zero-order valence-corrected chi connectivity index (χ0v) is 12.1. The number of halogens is 1. The molecule has 0 aliphatic carbocycles. The van der Waals surface area contributed by atoms with Crippen molar-refractivity contribution in [3.8, 4) is 6.07 Å². The fourth-order valence-corrected chi connectivity index (χ4v) is 2.26. The minimum atomic E-state index is 0.146. The van der Waals surface area contributed by atoms with Gasteiger partial charge in [0.25, 0.3) is 0 Å². The summed E-state index contributed by atoms with van der Waals surface area (Å²) >= 11 is 5.88. The van der Waals surface area contributed by atoms with Gasteiger partial charge in [0.15, 0.2) is 0 Å². The molecule has 3 rings (SSSR count). The van der Waals surface area contributed by atoms with Crippen LogP contribution in [0.3, 0.4) is 0 Å². The summed E-state index contributed by atoms with van der Waals surface area (Å²) in [7, 11) is 0. The predicted octanol–water partition coefficient (Wildman–Crippen LogP) is 3.72. The van der Waals surface area contributed by atoms with E-state index in [0.29, 0.717) is 10.8 Å². The van der Waals surface area contributed by atoms with Crippen molar-refractivity contribution in [1.29, 1.82) is 5.26 Å². The highest BCUT2D eigenvalue weighted by atomic mass is 35.5. The van der Waals surface area contributed by atoms with E-state index in [1.165, 1.54) is 0 Å². The fraction of sp³-hybridized carbons (Fsp3) is 0.133. The molecule has 6 heteroatoms. The molecule has 1 N–H and O–H groups in total. The van der Waals surface area contributed by atoms with Gasteiger partial charge in [-0.05, 0) is 37.3 Å². The van der Waals surface area contributed by atoms with Gasteiger partial charge < -0.3 is 9.88 Å². The highest BCUT2D eigenvalue weighted by Gasteiger charge is 2.11. The Hall–Kier alpha value is -2.58. The quantitative estimate of drug-likeness (QED) is 0.800. The van der Waals surface area contributed by atoms with E-state index in [-0.39, 0.29) is 5.82 Å². The van der Waals surface area contributed by atoms with Gasteiger partial charge in [0.2, 0.25) is 5.82 Å². The largest absolute Gasteiger partial charge is 0.340 e. The number of hydrogen-bond acceptors (Lipinski definition) is 4. The van der Waals surface area contributed by atoms with E-state index in [4.69, 9.17) is 16.9 Å². The first-order chi connectivity index (χ1) is 10.2. The molecule has 2 aromatic heterocycles. The number of benzene rings is 1. The van der Waals surface area contributed by atoms with E-state index < -0.39 is 0 Å². The summed E-state index contributed by atoms with van der Waals surface area (Å²) in [5, 5.41) is 13.9. The zero-order chi connectivity index (χ0) is 14.8. The van der Waals surface area contributed by atoms with Crippen LogP contribution in [0.4, 0.5) is 11.5 Å². The zero-order valence-electron chi connectivity index (χ0n) is 11.3. The maximum Gasteiger partial charge on any atom is 0.236 e. The maximum absolute atomic E-state index is 9.10. The predicted molar refractivity (Wildman–Crippen MR) is 82.7 cm³/mol. The van der Waals surface area contributed by atoms with Crippen molar-refractivity contribution in [2.45, 2.75) is 13.5 Å². The van der Waals surface area contributed by atoms with E-state index in [2.05, 4.69) is 15.3 Å². The van der Waals surface area contributed by atoms with E-state index >= 15 is 0 Å².